The van der Waals surface area contributed by atoms with Crippen LogP contribution in [0, 0.1) is 19.7 Å². The van der Waals surface area contributed by atoms with Crippen molar-refractivity contribution in [1.29, 1.82) is 0 Å². The third-order valence-electron chi connectivity index (χ3n) is 3.19. The van der Waals surface area contributed by atoms with E-state index >= 15 is 0 Å². The van der Waals surface area contributed by atoms with E-state index in [9.17, 15) is 4.39 Å². The minimum atomic E-state index is -0.351. The molecule has 0 amide bonds. The Hall–Kier alpha value is -1.38. The molecule has 0 saturated carbocycles. The van der Waals surface area contributed by atoms with Crippen molar-refractivity contribution >= 4 is 11.6 Å². The molecule has 2 aromatic carbocycles. The summed E-state index contributed by atoms with van der Waals surface area (Å²) < 4.78 is 13.0. The molecule has 1 atom stereocenters. The first-order valence-electron chi connectivity index (χ1n) is 5.76. The molecule has 18 heavy (non-hydrogen) atoms. The maximum absolute atomic E-state index is 13.0. The van der Waals surface area contributed by atoms with Gasteiger partial charge in [0.15, 0.2) is 0 Å². The fraction of sp³-hybridized carbons (Fsp3) is 0.200. The summed E-state index contributed by atoms with van der Waals surface area (Å²) in [4.78, 5) is 0. The number of aryl methyl sites for hydroxylation is 2. The molecule has 2 N–H and O–H groups in total. The second-order valence-corrected chi connectivity index (χ2v) is 4.89. The average Bonchev–Trinajstić information content (AvgIpc) is 2.32. The van der Waals surface area contributed by atoms with E-state index in [4.69, 9.17) is 17.3 Å². The van der Waals surface area contributed by atoms with Crippen molar-refractivity contribution in [2.24, 2.45) is 5.73 Å². The van der Waals surface area contributed by atoms with Crippen molar-refractivity contribution in [2.45, 2.75) is 19.9 Å². The second kappa shape index (κ2) is 5.09. The van der Waals surface area contributed by atoms with Crippen LogP contribution in [0.25, 0.3) is 0 Å². The Bertz CT molecular complexity index is 581. The summed E-state index contributed by atoms with van der Waals surface area (Å²) in [5.41, 5.74) is 10.3. The summed E-state index contributed by atoms with van der Waals surface area (Å²) in [5.74, 6) is -0.351. The fourth-order valence-electron chi connectivity index (χ4n) is 1.89. The smallest absolute Gasteiger partial charge is 0.124 e. The van der Waals surface area contributed by atoms with Crippen LogP contribution >= 0.6 is 11.6 Å². The standard InChI is InChI=1S/C15H15ClFN/c1-9-3-4-11(7-10(9)2)15(18)13-6-5-12(17)8-14(13)16/h3-8,15H,18H2,1-2H3. The normalized spacial score (nSPS) is 12.5. The SMILES string of the molecule is Cc1ccc(C(N)c2ccc(F)cc2Cl)cc1C. The Morgan fingerprint density at radius 1 is 1.06 bits per heavy atom. The largest absolute Gasteiger partial charge is 0.320 e. The second-order valence-electron chi connectivity index (χ2n) is 4.49. The predicted molar refractivity (Wildman–Crippen MR) is 73.4 cm³/mol. The van der Waals surface area contributed by atoms with E-state index in [1.54, 1.807) is 6.07 Å². The third kappa shape index (κ3) is 2.55. The first-order chi connectivity index (χ1) is 8.49. The monoisotopic (exact) mass is 263 g/mol. The Kier molecular flexibility index (Phi) is 3.69. The number of benzene rings is 2. The molecular weight excluding hydrogens is 249 g/mol. The van der Waals surface area contributed by atoms with Crippen LogP contribution in [0.3, 0.4) is 0 Å². The highest BCUT2D eigenvalue weighted by molar-refractivity contribution is 6.31. The molecule has 0 aromatic heterocycles. The summed E-state index contributed by atoms with van der Waals surface area (Å²) in [6, 6.07) is 10.0. The van der Waals surface area contributed by atoms with E-state index in [1.165, 1.54) is 23.3 Å². The van der Waals surface area contributed by atoms with Crippen LogP contribution < -0.4 is 5.73 Å². The highest BCUT2D eigenvalue weighted by Crippen LogP contribution is 2.28. The first kappa shape index (κ1) is 13.1. The van der Waals surface area contributed by atoms with Gasteiger partial charge >= 0.3 is 0 Å². The van der Waals surface area contributed by atoms with Crippen molar-refractivity contribution in [3.8, 4) is 0 Å². The summed E-state index contributed by atoms with van der Waals surface area (Å²) >= 11 is 6.03. The average molecular weight is 264 g/mol. The van der Waals surface area contributed by atoms with Gasteiger partial charge in [-0.15, -0.1) is 0 Å². The maximum Gasteiger partial charge on any atom is 0.124 e. The molecule has 0 bridgehead atoms. The molecule has 0 radical (unpaired) electrons. The van der Waals surface area contributed by atoms with E-state index in [0.29, 0.717) is 5.02 Å². The van der Waals surface area contributed by atoms with E-state index in [2.05, 4.69) is 6.92 Å². The lowest BCUT2D eigenvalue weighted by atomic mass is 9.96. The van der Waals surface area contributed by atoms with Crippen LogP contribution in [0.1, 0.15) is 28.3 Å². The molecule has 2 rings (SSSR count). The molecule has 94 valence electrons. The van der Waals surface area contributed by atoms with Crippen LogP contribution in [0.4, 0.5) is 4.39 Å². The Balaban J connectivity index is 2.41. The summed E-state index contributed by atoms with van der Waals surface area (Å²) in [6.07, 6.45) is 0. The molecule has 0 aliphatic heterocycles. The lowest BCUT2D eigenvalue weighted by Crippen LogP contribution is -2.12. The first-order valence-corrected chi connectivity index (χ1v) is 6.14. The van der Waals surface area contributed by atoms with Gasteiger partial charge in [0.2, 0.25) is 0 Å². The van der Waals surface area contributed by atoms with Crippen LogP contribution in [0.2, 0.25) is 5.02 Å². The van der Waals surface area contributed by atoms with Crippen molar-refractivity contribution < 1.29 is 4.39 Å². The van der Waals surface area contributed by atoms with Crippen LogP contribution in [-0.4, -0.2) is 0 Å². The van der Waals surface area contributed by atoms with Gasteiger partial charge in [0, 0.05) is 5.02 Å². The van der Waals surface area contributed by atoms with E-state index < -0.39 is 0 Å². The molecule has 3 heteroatoms. The summed E-state index contributed by atoms with van der Waals surface area (Å²) in [5, 5.41) is 0.362. The Morgan fingerprint density at radius 2 is 1.78 bits per heavy atom. The minimum Gasteiger partial charge on any atom is -0.320 e. The maximum atomic E-state index is 13.0. The van der Waals surface area contributed by atoms with Gasteiger partial charge in [0.1, 0.15) is 5.82 Å². The van der Waals surface area contributed by atoms with E-state index in [-0.39, 0.29) is 11.9 Å². The predicted octanol–water partition coefficient (Wildman–Crippen LogP) is 4.14. The molecule has 1 nitrogen and oxygen atoms in total. The van der Waals surface area contributed by atoms with Crippen molar-refractivity contribution in [3.05, 3.63) is 69.5 Å². The van der Waals surface area contributed by atoms with Gasteiger partial charge in [-0.1, -0.05) is 35.9 Å². The Labute approximate surface area is 111 Å². The lowest BCUT2D eigenvalue weighted by molar-refractivity contribution is 0.626. The molecule has 0 aliphatic rings. The summed E-state index contributed by atoms with van der Waals surface area (Å²) in [7, 11) is 0. The molecule has 0 fully saturated rings. The van der Waals surface area contributed by atoms with Crippen LogP contribution in [0.15, 0.2) is 36.4 Å². The van der Waals surface area contributed by atoms with E-state index in [1.807, 2.05) is 25.1 Å². The fourth-order valence-corrected chi connectivity index (χ4v) is 2.18. The lowest BCUT2D eigenvalue weighted by Gasteiger charge is -2.15. The Morgan fingerprint density at radius 3 is 2.39 bits per heavy atom. The molecule has 0 spiro atoms. The molecule has 0 saturated heterocycles. The van der Waals surface area contributed by atoms with Gasteiger partial charge in [-0.05, 0) is 48.2 Å². The number of hydrogen-bond acceptors (Lipinski definition) is 1. The minimum absolute atomic E-state index is 0.336. The van der Waals surface area contributed by atoms with Gasteiger partial charge in [0.05, 0.1) is 6.04 Å². The van der Waals surface area contributed by atoms with Gasteiger partial charge in [-0.25, -0.2) is 4.39 Å². The number of rotatable bonds is 2. The van der Waals surface area contributed by atoms with Crippen LogP contribution in [0.5, 0.6) is 0 Å². The zero-order chi connectivity index (χ0) is 13.3. The van der Waals surface area contributed by atoms with Crippen molar-refractivity contribution in [1.82, 2.24) is 0 Å². The van der Waals surface area contributed by atoms with Crippen molar-refractivity contribution in [3.63, 3.8) is 0 Å². The van der Waals surface area contributed by atoms with Gasteiger partial charge in [-0.2, -0.15) is 0 Å². The number of nitrogens with two attached hydrogens (primary N) is 1. The van der Waals surface area contributed by atoms with Gasteiger partial charge in [-0.3, -0.25) is 0 Å². The van der Waals surface area contributed by atoms with Gasteiger partial charge < -0.3 is 5.73 Å². The summed E-state index contributed by atoms with van der Waals surface area (Å²) in [6.45, 7) is 4.09. The zero-order valence-corrected chi connectivity index (χ0v) is 11.1. The molecule has 0 aliphatic carbocycles. The number of hydrogen-bond donors (Lipinski definition) is 1. The van der Waals surface area contributed by atoms with Gasteiger partial charge in [0.25, 0.3) is 0 Å². The zero-order valence-electron chi connectivity index (χ0n) is 10.4. The van der Waals surface area contributed by atoms with Crippen LogP contribution in [-0.2, 0) is 0 Å². The third-order valence-corrected chi connectivity index (χ3v) is 3.51. The number of halogens is 2. The quantitative estimate of drug-likeness (QED) is 0.866. The highest BCUT2D eigenvalue weighted by Gasteiger charge is 2.13. The molecule has 0 heterocycles. The molecule has 1 unspecified atom stereocenters. The van der Waals surface area contributed by atoms with Crippen molar-refractivity contribution in [2.75, 3.05) is 0 Å². The molecule has 2 aromatic rings. The highest BCUT2D eigenvalue weighted by atomic mass is 35.5. The molecular formula is C15H15ClFN. The topological polar surface area (TPSA) is 26.0 Å². The van der Waals surface area contributed by atoms with E-state index in [0.717, 1.165) is 11.1 Å².